The Kier molecular flexibility index (Phi) is 3.69. The van der Waals surface area contributed by atoms with Gasteiger partial charge in [-0.05, 0) is 38.0 Å². The fraction of sp³-hybridized carbons (Fsp3) is 1.00. The fourth-order valence-electron chi connectivity index (χ4n) is 3.26. The summed E-state index contributed by atoms with van der Waals surface area (Å²) in [5, 5.41) is 0. The first-order valence-corrected chi connectivity index (χ1v) is 6.35. The summed E-state index contributed by atoms with van der Waals surface area (Å²) >= 11 is 0. The lowest BCUT2D eigenvalue weighted by molar-refractivity contribution is -0.190. The van der Waals surface area contributed by atoms with Crippen molar-refractivity contribution >= 4 is 0 Å². The maximum Gasteiger partial charge on any atom is 0.391 e. The van der Waals surface area contributed by atoms with E-state index in [1.807, 2.05) is 0 Å². The first kappa shape index (κ1) is 13.1. The Morgan fingerprint density at radius 2 is 1.76 bits per heavy atom. The summed E-state index contributed by atoms with van der Waals surface area (Å²) in [5.41, 5.74) is 5.64. The van der Waals surface area contributed by atoms with E-state index in [2.05, 4.69) is 0 Å². The van der Waals surface area contributed by atoms with E-state index in [4.69, 9.17) is 10.5 Å². The molecule has 2 fully saturated rings. The Hall–Kier alpha value is -0.290. The van der Waals surface area contributed by atoms with Gasteiger partial charge in [0.2, 0.25) is 0 Å². The molecule has 0 aromatic rings. The van der Waals surface area contributed by atoms with Crippen molar-refractivity contribution in [1.29, 1.82) is 0 Å². The van der Waals surface area contributed by atoms with E-state index in [0.29, 0.717) is 19.6 Å². The molecule has 1 aliphatic heterocycles. The van der Waals surface area contributed by atoms with Crippen LogP contribution in [0.2, 0.25) is 0 Å². The zero-order chi connectivity index (χ0) is 12.5. The lowest BCUT2D eigenvalue weighted by Crippen LogP contribution is -2.53. The van der Waals surface area contributed by atoms with E-state index < -0.39 is 17.6 Å². The SMILES string of the molecule is NC1(C2CCOCC2)CCCC(C(F)(F)F)C1. The minimum atomic E-state index is -4.09. The molecule has 0 radical (unpaired) electrons. The third kappa shape index (κ3) is 2.94. The van der Waals surface area contributed by atoms with Gasteiger partial charge in [0.15, 0.2) is 0 Å². The Morgan fingerprint density at radius 1 is 1.12 bits per heavy atom. The molecule has 0 bridgehead atoms. The maximum atomic E-state index is 12.8. The van der Waals surface area contributed by atoms with Crippen molar-refractivity contribution in [1.82, 2.24) is 0 Å². The Labute approximate surface area is 99.7 Å². The van der Waals surface area contributed by atoms with Crippen LogP contribution in [0.5, 0.6) is 0 Å². The molecule has 0 spiro atoms. The molecule has 2 aliphatic rings. The molecule has 1 saturated carbocycles. The highest BCUT2D eigenvalue weighted by Crippen LogP contribution is 2.45. The molecular weight excluding hydrogens is 231 g/mol. The molecule has 2 unspecified atom stereocenters. The lowest BCUT2D eigenvalue weighted by Gasteiger charge is -2.45. The molecule has 0 aromatic heterocycles. The van der Waals surface area contributed by atoms with Gasteiger partial charge in [0.1, 0.15) is 0 Å². The van der Waals surface area contributed by atoms with Crippen molar-refractivity contribution in [2.45, 2.75) is 50.2 Å². The van der Waals surface area contributed by atoms with Gasteiger partial charge in [-0.2, -0.15) is 13.2 Å². The molecule has 2 nitrogen and oxygen atoms in total. The number of rotatable bonds is 1. The van der Waals surface area contributed by atoms with Crippen molar-refractivity contribution in [2.24, 2.45) is 17.6 Å². The molecule has 1 aliphatic carbocycles. The van der Waals surface area contributed by atoms with Gasteiger partial charge in [-0.25, -0.2) is 0 Å². The van der Waals surface area contributed by atoms with E-state index in [1.54, 1.807) is 0 Å². The molecule has 0 amide bonds. The smallest absolute Gasteiger partial charge is 0.381 e. The Balaban J connectivity index is 2.03. The van der Waals surface area contributed by atoms with Crippen LogP contribution in [0.15, 0.2) is 0 Å². The minimum Gasteiger partial charge on any atom is -0.381 e. The molecule has 100 valence electrons. The van der Waals surface area contributed by atoms with Crippen LogP contribution in [0.25, 0.3) is 0 Å². The fourth-order valence-corrected chi connectivity index (χ4v) is 3.26. The van der Waals surface area contributed by atoms with E-state index in [1.165, 1.54) is 0 Å². The van der Waals surface area contributed by atoms with E-state index in [0.717, 1.165) is 19.3 Å². The Bertz CT molecular complexity index is 263. The molecule has 2 atom stereocenters. The van der Waals surface area contributed by atoms with Crippen LogP contribution >= 0.6 is 0 Å². The van der Waals surface area contributed by atoms with Crippen molar-refractivity contribution in [3.8, 4) is 0 Å². The van der Waals surface area contributed by atoms with Crippen molar-refractivity contribution < 1.29 is 17.9 Å². The highest BCUT2D eigenvalue weighted by molar-refractivity contribution is 4.98. The first-order valence-electron chi connectivity index (χ1n) is 6.35. The summed E-state index contributed by atoms with van der Waals surface area (Å²) < 4.78 is 43.6. The molecule has 2 rings (SSSR count). The lowest BCUT2D eigenvalue weighted by atomic mass is 9.67. The van der Waals surface area contributed by atoms with Crippen molar-refractivity contribution in [3.63, 3.8) is 0 Å². The van der Waals surface area contributed by atoms with Gasteiger partial charge in [0.25, 0.3) is 0 Å². The van der Waals surface area contributed by atoms with E-state index in [9.17, 15) is 13.2 Å². The van der Waals surface area contributed by atoms with Crippen LogP contribution in [0, 0.1) is 11.8 Å². The van der Waals surface area contributed by atoms with Crippen LogP contribution in [0.1, 0.15) is 38.5 Å². The van der Waals surface area contributed by atoms with Gasteiger partial charge in [-0.15, -0.1) is 0 Å². The predicted molar refractivity (Wildman–Crippen MR) is 58.5 cm³/mol. The first-order chi connectivity index (χ1) is 7.92. The standard InChI is InChI=1S/C12H20F3NO/c13-12(14,15)10-2-1-5-11(16,8-10)9-3-6-17-7-4-9/h9-10H,1-8,16H2. The predicted octanol–water partition coefficient (Wildman–Crippen LogP) is 2.86. The molecule has 17 heavy (non-hydrogen) atoms. The summed E-state index contributed by atoms with van der Waals surface area (Å²) in [7, 11) is 0. The van der Waals surface area contributed by atoms with Crippen LogP contribution in [-0.4, -0.2) is 24.9 Å². The average Bonchev–Trinajstić information content (AvgIpc) is 2.29. The molecule has 5 heteroatoms. The highest BCUT2D eigenvalue weighted by atomic mass is 19.4. The number of hydrogen-bond acceptors (Lipinski definition) is 2. The van der Waals surface area contributed by atoms with Gasteiger partial charge in [0.05, 0.1) is 5.92 Å². The topological polar surface area (TPSA) is 35.2 Å². The maximum absolute atomic E-state index is 12.8. The van der Waals surface area contributed by atoms with Gasteiger partial charge < -0.3 is 10.5 Å². The van der Waals surface area contributed by atoms with Crippen LogP contribution in [0.3, 0.4) is 0 Å². The summed E-state index contributed by atoms with van der Waals surface area (Å²) in [6.07, 6.45) is -0.812. The second-order valence-corrected chi connectivity index (χ2v) is 5.45. The van der Waals surface area contributed by atoms with Crippen LogP contribution in [-0.2, 0) is 4.74 Å². The molecule has 1 saturated heterocycles. The average molecular weight is 251 g/mol. The highest BCUT2D eigenvalue weighted by Gasteiger charge is 2.48. The Morgan fingerprint density at radius 3 is 2.35 bits per heavy atom. The van der Waals surface area contributed by atoms with Crippen LogP contribution < -0.4 is 5.73 Å². The van der Waals surface area contributed by atoms with Crippen molar-refractivity contribution in [2.75, 3.05) is 13.2 Å². The summed E-state index contributed by atoms with van der Waals surface area (Å²) in [6.45, 7) is 1.28. The molecule has 0 aromatic carbocycles. The van der Waals surface area contributed by atoms with Gasteiger partial charge in [-0.3, -0.25) is 0 Å². The number of alkyl halides is 3. The third-order valence-corrected chi connectivity index (χ3v) is 4.32. The molecule has 1 heterocycles. The minimum absolute atomic E-state index is 0.0984. The normalized spacial score (nSPS) is 37.1. The molecule has 2 N–H and O–H groups in total. The zero-order valence-electron chi connectivity index (χ0n) is 9.93. The second kappa shape index (κ2) is 4.76. The largest absolute Gasteiger partial charge is 0.391 e. The summed E-state index contributed by atoms with van der Waals surface area (Å²) in [4.78, 5) is 0. The third-order valence-electron chi connectivity index (χ3n) is 4.32. The second-order valence-electron chi connectivity index (χ2n) is 5.45. The zero-order valence-corrected chi connectivity index (χ0v) is 9.93. The van der Waals surface area contributed by atoms with Gasteiger partial charge >= 0.3 is 6.18 Å². The van der Waals surface area contributed by atoms with E-state index >= 15 is 0 Å². The number of hydrogen-bond donors (Lipinski definition) is 1. The monoisotopic (exact) mass is 251 g/mol. The molecular formula is C12H20F3NO. The van der Waals surface area contributed by atoms with Gasteiger partial charge in [-0.1, -0.05) is 6.42 Å². The number of halogens is 3. The summed E-state index contributed by atoms with van der Waals surface area (Å²) in [6, 6.07) is 0. The quantitative estimate of drug-likeness (QED) is 0.777. The summed E-state index contributed by atoms with van der Waals surface area (Å²) in [5.74, 6) is -1.01. The van der Waals surface area contributed by atoms with Crippen LogP contribution in [0.4, 0.5) is 13.2 Å². The van der Waals surface area contributed by atoms with Gasteiger partial charge in [0, 0.05) is 18.8 Å². The van der Waals surface area contributed by atoms with E-state index in [-0.39, 0.29) is 18.8 Å². The number of nitrogens with two attached hydrogens (primary N) is 1. The van der Waals surface area contributed by atoms with Crippen molar-refractivity contribution in [3.05, 3.63) is 0 Å². The number of ether oxygens (including phenoxy) is 1.